The monoisotopic (exact) mass is 324 g/mol. The summed E-state index contributed by atoms with van der Waals surface area (Å²) in [5.41, 5.74) is 0. The Kier molecular flexibility index (Phi) is 7.63. The van der Waals surface area contributed by atoms with Crippen molar-refractivity contribution in [3.05, 3.63) is 0 Å². The molecule has 2 aliphatic heterocycles. The molecule has 0 amide bonds. The van der Waals surface area contributed by atoms with Crippen LogP contribution in [-0.2, 0) is 4.74 Å². The molecule has 2 atom stereocenters. The summed E-state index contributed by atoms with van der Waals surface area (Å²) in [5, 5.41) is 3.49. The molecule has 5 heteroatoms. The van der Waals surface area contributed by atoms with Crippen LogP contribution in [0.4, 0.5) is 0 Å². The van der Waals surface area contributed by atoms with Crippen LogP contribution in [0.3, 0.4) is 0 Å². The molecule has 23 heavy (non-hydrogen) atoms. The molecule has 0 aliphatic carbocycles. The molecule has 2 fully saturated rings. The quantitative estimate of drug-likeness (QED) is 0.599. The molecule has 0 saturated carbocycles. The van der Waals surface area contributed by atoms with Gasteiger partial charge in [-0.2, -0.15) is 0 Å². The van der Waals surface area contributed by atoms with E-state index in [1.807, 2.05) is 0 Å². The van der Waals surface area contributed by atoms with Crippen LogP contribution in [0.25, 0.3) is 0 Å². The molecule has 2 aliphatic rings. The van der Waals surface area contributed by atoms with E-state index in [9.17, 15) is 0 Å². The van der Waals surface area contributed by atoms with E-state index in [4.69, 9.17) is 9.73 Å². The van der Waals surface area contributed by atoms with E-state index in [0.717, 1.165) is 70.3 Å². The Morgan fingerprint density at radius 1 is 1.22 bits per heavy atom. The third-order valence-electron chi connectivity index (χ3n) is 4.90. The Morgan fingerprint density at radius 3 is 2.61 bits per heavy atom. The van der Waals surface area contributed by atoms with Crippen LogP contribution in [0, 0.1) is 11.8 Å². The summed E-state index contributed by atoms with van der Waals surface area (Å²) in [4.78, 5) is 9.88. The van der Waals surface area contributed by atoms with E-state index in [1.54, 1.807) is 0 Å². The summed E-state index contributed by atoms with van der Waals surface area (Å²) in [5.74, 6) is 2.73. The van der Waals surface area contributed by atoms with E-state index in [0.29, 0.717) is 6.04 Å². The number of guanidine groups is 1. The number of nitrogens with zero attached hydrogens (tertiary/aromatic N) is 3. The largest absolute Gasteiger partial charge is 0.379 e. The molecule has 2 saturated heterocycles. The van der Waals surface area contributed by atoms with Gasteiger partial charge in [0.2, 0.25) is 0 Å². The lowest BCUT2D eigenvalue weighted by Gasteiger charge is -2.32. The number of hydrogen-bond donors (Lipinski definition) is 1. The molecule has 134 valence electrons. The van der Waals surface area contributed by atoms with E-state index >= 15 is 0 Å². The number of hydrogen-bond acceptors (Lipinski definition) is 3. The number of rotatable bonds is 6. The van der Waals surface area contributed by atoms with Crippen molar-refractivity contribution in [2.75, 3.05) is 52.5 Å². The predicted octanol–water partition coefficient (Wildman–Crippen LogP) is 2.04. The van der Waals surface area contributed by atoms with E-state index < -0.39 is 0 Å². The van der Waals surface area contributed by atoms with Crippen molar-refractivity contribution in [1.82, 2.24) is 15.1 Å². The second-order valence-corrected chi connectivity index (χ2v) is 7.42. The fourth-order valence-corrected chi connectivity index (χ4v) is 3.66. The standard InChI is InChI=1S/C18H36N4O/c1-5-19-18(22-7-6-17(14-22)12-15(2)3)20-13-16(4)21-8-10-23-11-9-21/h15-17H,5-14H2,1-4H3,(H,19,20). The Hall–Kier alpha value is -0.810. The molecular weight excluding hydrogens is 288 g/mol. The van der Waals surface area contributed by atoms with Crippen molar-refractivity contribution in [2.45, 2.75) is 46.6 Å². The molecule has 2 heterocycles. The summed E-state index contributed by atoms with van der Waals surface area (Å²) in [7, 11) is 0. The summed E-state index contributed by atoms with van der Waals surface area (Å²) in [6.45, 7) is 17.0. The van der Waals surface area contributed by atoms with Crippen molar-refractivity contribution in [3.8, 4) is 0 Å². The van der Waals surface area contributed by atoms with Gasteiger partial charge in [0, 0.05) is 38.8 Å². The molecule has 5 nitrogen and oxygen atoms in total. The average Bonchev–Trinajstić information content (AvgIpc) is 2.99. The van der Waals surface area contributed by atoms with Crippen molar-refractivity contribution >= 4 is 5.96 Å². The second-order valence-electron chi connectivity index (χ2n) is 7.42. The van der Waals surface area contributed by atoms with E-state index in [1.165, 1.54) is 12.8 Å². The van der Waals surface area contributed by atoms with Gasteiger partial charge < -0.3 is 15.0 Å². The van der Waals surface area contributed by atoms with Crippen LogP contribution in [-0.4, -0.2) is 74.3 Å². The van der Waals surface area contributed by atoms with Crippen LogP contribution < -0.4 is 5.32 Å². The fraction of sp³-hybridized carbons (Fsp3) is 0.944. The number of morpholine rings is 1. The summed E-state index contributed by atoms with van der Waals surface area (Å²) < 4.78 is 5.44. The van der Waals surface area contributed by atoms with E-state index in [-0.39, 0.29) is 0 Å². The van der Waals surface area contributed by atoms with Crippen LogP contribution in [0.2, 0.25) is 0 Å². The van der Waals surface area contributed by atoms with Gasteiger partial charge in [-0.15, -0.1) is 0 Å². The van der Waals surface area contributed by atoms with Gasteiger partial charge in [0.25, 0.3) is 0 Å². The van der Waals surface area contributed by atoms with E-state index in [2.05, 4.69) is 42.8 Å². The summed E-state index contributed by atoms with van der Waals surface area (Å²) in [6.07, 6.45) is 2.64. The highest BCUT2D eigenvalue weighted by atomic mass is 16.5. The molecule has 2 rings (SSSR count). The first-order valence-electron chi connectivity index (χ1n) is 9.45. The first-order chi connectivity index (χ1) is 11.1. The van der Waals surface area contributed by atoms with Crippen molar-refractivity contribution in [2.24, 2.45) is 16.8 Å². The minimum Gasteiger partial charge on any atom is -0.379 e. The molecular formula is C18H36N4O. The molecule has 0 bridgehead atoms. The van der Waals surface area contributed by atoms with Gasteiger partial charge in [-0.1, -0.05) is 13.8 Å². The lowest BCUT2D eigenvalue weighted by atomic mass is 9.97. The van der Waals surface area contributed by atoms with Crippen LogP contribution in [0.5, 0.6) is 0 Å². The SMILES string of the molecule is CCNC(=NCC(C)N1CCOCC1)N1CCC(CC(C)C)C1. The van der Waals surface area contributed by atoms with Crippen molar-refractivity contribution in [1.29, 1.82) is 0 Å². The minimum atomic E-state index is 0.488. The van der Waals surface area contributed by atoms with Gasteiger partial charge in [0.05, 0.1) is 19.8 Å². The predicted molar refractivity (Wildman–Crippen MR) is 97.0 cm³/mol. The molecule has 0 aromatic rings. The van der Waals surface area contributed by atoms with Crippen LogP contribution >= 0.6 is 0 Å². The highest BCUT2D eigenvalue weighted by Crippen LogP contribution is 2.23. The number of ether oxygens (including phenoxy) is 1. The summed E-state index contributed by atoms with van der Waals surface area (Å²) in [6, 6.07) is 0.488. The Morgan fingerprint density at radius 2 is 1.96 bits per heavy atom. The topological polar surface area (TPSA) is 40.1 Å². The Balaban J connectivity index is 1.87. The highest BCUT2D eigenvalue weighted by Gasteiger charge is 2.25. The molecule has 0 aromatic carbocycles. The maximum atomic E-state index is 5.44. The van der Waals surface area contributed by atoms with Gasteiger partial charge in [0.15, 0.2) is 5.96 Å². The Labute approximate surface area is 142 Å². The first-order valence-corrected chi connectivity index (χ1v) is 9.45. The molecule has 0 radical (unpaired) electrons. The van der Waals surface area contributed by atoms with Gasteiger partial charge in [-0.3, -0.25) is 9.89 Å². The molecule has 1 N–H and O–H groups in total. The average molecular weight is 325 g/mol. The van der Waals surface area contributed by atoms with Gasteiger partial charge >= 0.3 is 0 Å². The zero-order valence-corrected chi connectivity index (χ0v) is 15.6. The molecule has 2 unspecified atom stereocenters. The van der Waals surface area contributed by atoms with Crippen molar-refractivity contribution in [3.63, 3.8) is 0 Å². The lowest BCUT2D eigenvalue weighted by molar-refractivity contribution is 0.0220. The van der Waals surface area contributed by atoms with Gasteiger partial charge in [-0.05, 0) is 38.5 Å². The third kappa shape index (κ3) is 5.96. The minimum absolute atomic E-state index is 0.488. The Bertz CT molecular complexity index is 366. The number of aliphatic imine (C=N–C) groups is 1. The zero-order chi connectivity index (χ0) is 16.7. The second kappa shape index (κ2) is 9.48. The molecule has 0 spiro atoms. The van der Waals surface area contributed by atoms with Crippen molar-refractivity contribution < 1.29 is 4.74 Å². The van der Waals surface area contributed by atoms with Crippen LogP contribution in [0.15, 0.2) is 4.99 Å². The fourth-order valence-electron chi connectivity index (χ4n) is 3.66. The van der Waals surface area contributed by atoms with Gasteiger partial charge in [-0.25, -0.2) is 0 Å². The highest BCUT2D eigenvalue weighted by molar-refractivity contribution is 5.80. The maximum absolute atomic E-state index is 5.44. The first kappa shape index (κ1) is 18.5. The third-order valence-corrected chi connectivity index (χ3v) is 4.90. The normalized spacial score (nSPS) is 25.2. The lowest BCUT2D eigenvalue weighted by Crippen LogP contribution is -2.45. The number of likely N-dealkylation sites (tertiary alicyclic amines) is 1. The maximum Gasteiger partial charge on any atom is 0.193 e. The molecule has 0 aromatic heterocycles. The number of nitrogens with one attached hydrogen (secondary N) is 1. The van der Waals surface area contributed by atoms with Crippen LogP contribution in [0.1, 0.15) is 40.5 Å². The summed E-state index contributed by atoms with van der Waals surface area (Å²) >= 11 is 0. The smallest absolute Gasteiger partial charge is 0.193 e. The van der Waals surface area contributed by atoms with Gasteiger partial charge in [0.1, 0.15) is 0 Å². The zero-order valence-electron chi connectivity index (χ0n) is 15.6.